The first kappa shape index (κ1) is 11.8. The molecule has 2 heterocycles. The maximum absolute atomic E-state index is 11.2. The summed E-state index contributed by atoms with van der Waals surface area (Å²) in [6.45, 7) is 0.874. The molecule has 0 aromatic carbocycles. The van der Waals surface area contributed by atoms with Gasteiger partial charge in [0.25, 0.3) is 9.24 Å². The molecule has 1 saturated heterocycles. The Bertz CT molecular complexity index is 472. The van der Waals surface area contributed by atoms with Gasteiger partial charge in [-0.1, -0.05) is 0 Å². The molecule has 1 atom stereocenters. The van der Waals surface area contributed by atoms with Crippen molar-refractivity contribution in [3.05, 3.63) is 12.2 Å². The third kappa shape index (κ3) is 2.36. The van der Waals surface area contributed by atoms with E-state index in [1.165, 1.54) is 4.31 Å². The summed E-state index contributed by atoms with van der Waals surface area (Å²) in [6, 6.07) is 0. The summed E-state index contributed by atoms with van der Waals surface area (Å²) in [5.74, 6) is 0.889. The van der Waals surface area contributed by atoms with E-state index >= 15 is 0 Å². The Morgan fingerprint density at radius 2 is 2.31 bits per heavy atom. The molecule has 1 fully saturated rings. The van der Waals surface area contributed by atoms with Gasteiger partial charge in [-0.2, -0.15) is 12.7 Å². The third-order valence-electron chi connectivity index (χ3n) is 2.80. The maximum atomic E-state index is 11.2. The van der Waals surface area contributed by atoms with Crippen LogP contribution in [0.15, 0.2) is 6.33 Å². The first-order valence-electron chi connectivity index (χ1n) is 5.02. The highest BCUT2D eigenvalue weighted by Gasteiger charge is 2.30. The van der Waals surface area contributed by atoms with E-state index in [1.54, 1.807) is 6.33 Å². The molecule has 0 saturated carbocycles. The normalized spacial score (nSPS) is 23.5. The fourth-order valence-corrected chi connectivity index (χ4v) is 3.09. The zero-order valence-corrected chi connectivity index (χ0v) is 10.4. The van der Waals surface area contributed by atoms with E-state index in [0.29, 0.717) is 13.1 Å². The smallest absolute Gasteiger partial charge is 0.299 e. The van der Waals surface area contributed by atoms with Crippen molar-refractivity contribution in [2.75, 3.05) is 13.1 Å². The number of halogens is 1. The molecular formula is C8H13ClN4O2S. The number of aryl methyl sites for hydroxylation is 1. The second kappa shape index (κ2) is 4.31. The summed E-state index contributed by atoms with van der Waals surface area (Å²) in [4.78, 5) is 0. The number of piperidine rings is 1. The van der Waals surface area contributed by atoms with Crippen molar-refractivity contribution < 1.29 is 8.42 Å². The van der Waals surface area contributed by atoms with E-state index < -0.39 is 9.24 Å². The lowest BCUT2D eigenvalue weighted by molar-refractivity contribution is 0.311. The molecule has 0 amide bonds. The molecule has 0 N–H and O–H groups in total. The van der Waals surface area contributed by atoms with Crippen molar-refractivity contribution in [3.8, 4) is 0 Å². The average molecular weight is 265 g/mol. The third-order valence-corrected chi connectivity index (χ3v) is 4.34. The molecule has 6 nitrogen and oxygen atoms in total. The summed E-state index contributed by atoms with van der Waals surface area (Å²) in [5.41, 5.74) is 0. The highest BCUT2D eigenvalue weighted by atomic mass is 35.7. The van der Waals surface area contributed by atoms with E-state index in [2.05, 4.69) is 10.2 Å². The average Bonchev–Trinajstić information content (AvgIpc) is 2.63. The van der Waals surface area contributed by atoms with Crippen LogP contribution >= 0.6 is 10.7 Å². The Hall–Kier alpha value is -0.660. The van der Waals surface area contributed by atoms with Gasteiger partial charge in [0, 0.05) is 36.7 Å². The molecule has 0 aliphatic carbocycles. The van der Waals surface area contributed by atoms with E-state index in [0.717, 1.165) is 18.7 Å². The number of hydrogen-bond donors (Lipinski definition) is 0. The van der Waals surface area contributed by atoms with E-state index in [-0.39, 0.29) is 5.92 Å². The molecule has 0 bridgehead atoms. The predicted octanol–water partition coefficient (Wildman–Crippen LogP) is 0.478. The molecule has 1 aliphatic rings. The maximum Gasteiger partial charge on any atom is 0.299 e. The lowest BCUT2D eigenvalue weighted by Crippen LogP contribution is -2.37. The van der Waals surface area contributed by atoms with Crippen molar-refractivity contribution in [2.45, 2.75) is 18.8 Å². The molecule has 1 unspecified atom stereocenters. The van der Waals surface area contributed by atoms with Gasteiger partial charge in [-0.3, -0.25) is 0 Å². The minimum Gasteiger partial charge on any atom is -0.320 e. The van der Waals surface area contributed by atoms with Crippen LogP contribution in [0.4, 0.5) is 0 Å². The fourth-order valence-electron chi connectivity index (χ4n) is 2.01. The fraction of sp³-hybridized carbons (Fsp3) is 0.750. The highest BCUT2D eigenvalue weighted by Crippen LogP contribution is 2.27. The second-order valence-electron chi connectivity index (χ2n) is 3.94. The van der Waals surface area contributed by atoms with Crippen molar-refractivity contribution in [3.63, 3.8) is 0 Å². The summed E-state index contributed by atoms with van der Waals surface area (Å²) in [5, 5.41) is 7.80. The molecule has 16 heavy (non-hydrogen) atoms. The van der Waals surface area contributed by atoms with Crippen molar-refractivity contribution >= 4 is 19.9 Å². The summed E-state index contributed by atoms with van der Waals surface area (Å²) < 4.78 is 25.6. The van der Waals surface area contributed by atoms with Crippen LogP contribution in [-0.4, -0.2) is 40.6 Å². The van der Waals surface area contributed by atoms with Gasteiger partial charge in [-0.15, -0.1) is 10.2 Å². The largest absolute Gasteiger partial charge is 0.320 e. The van der Waals surface area contributed by atoms with Crippen molar-refractivity contribution in [1.29, 1.82) is 0 Å². The van der Waals surface area contributed by atoms with Crippen LogP contribution in [0.1, 0.15) is 24.6 Å². The Kier molecular flexibility index (Phi) is 3.18. The first-order chi connectivity index (χ1) is 7.48. The Morgan fingerprint density at radius 1 is 1.56 bits per heavy atom. The molecule has 0 spiro atoms. The van der Waals surface area contributed by atoms with Gasteiger partial charge in [0.1, 0.15) is 12.2 Å². The Labute approximate surface area is 98.8 Å². The molecule has 8 heteroatoms. The molecule has 1 aromatic heterocycles. The predicted molar refractivity (Wildman–Crippen MR) is 59.3 cm³/mol. The number of aromatic nitrogens is 3. The molecular weight excluding hydrogens is 252 g/mol. The lowest BCUT2D eigenvalue weighted by Gasteiger charge is -2.29. The van der Waals surface area contributed by atoms with Crippen molar-refractivity contribution in [2.24, 2.45) is 7.05 Å². The van der Waals surface area contributed by atoms with Crippen LogP contribution < -0.4 is 0 Å². The van der Waals surface area contributed by atoms with E-state index in [9.17, 15) is 8.42 Å². The summed E-state index contributed by atoms with van der Waals surface area (Å²) >= 11 is 0. The van der Waals surface area contributed by atoms with Crippen LogP contribution in [0.5, 0.6) is 0 Å². The van der Waals surface area contributed by atoms with Crippen LogP contribution in [0.2, 0.25) is 0 Å². The monoisotopic (exact) mass is 264 g/mol. The van der Waals surface area contributed by atoms with Gasteiger partial charge in [-0.25, -0.2) is 0 Å². The molecule has 1 aliphatic heterocycles. The van der Waals surface area contributed by atoms with Crippen LogP contribution in [0.25, 0.3) is 0 Å². The zero-order valence-electron chi connectivity index (χ0n) is 8.87. The van der Waals surface area contributed by atoms with Gasteiger partial charge < -0.3 is 4.57 Å². The molecule has 2 rings (SSSR count). The molecule has 0 radical (unpaired) electrons. The lowest BCUT2D eigenvalue weighted by atomic mass is 9.99. The van der Waals surface area contributed by atoms with Gasteiger partial charge in [0.15, 0.2) is 0 Å². The molecule has 90 valence electrons. The highest BCUT2D eigenvalue weighted by molar-refractivity contribution is 8.11. The molecule has 1 aromatic rings. The van der Waals surface area contributed by atoms with E-state index in [1.807, 2.05) is 11.6 Å². The van der Waals surface area contributed by atoms with Crippen LogP contribution in [0.3, 0.4) is 0 Å². The van der Waals surface area contributed by atoms with Gasteiger partial charge >= 0.3 is 0 Å². The van der Waals surface area contributed by atoms with Gasteiger partial charge in [0.2, 0.25) is 0 Å². The number of rotatable bonds is 2. The van der Waals surface area contributed by atoms with Gasteiger partial charge in [-0.05, 0) is 12.8 Å². The van der Waals surface area contributed by atoms with Crippen LogP contribution in [-0.2, 0) is 16.3 Å². The minimum absolute atomic E-state index is 0.0785. The summed E-state index contributed by atoms with van der Waals surface area (Å²) in [7, 11) is 3.57. The van der Waals surface area contributed by atoms with Gasteiger partial charge in [0.05, 0.1) is 0 Å². The van der Waals surface area contributed by atoms with Crippen LogP contribution in [0, 0.1) is 0 Å². The Morgan fingerprint density at radius 3 is 2.88 bits per heavy atom. The second-order valence-corrected chi connectivity index (χ2v) is 6.45. The van der Waals surface area contributed by atoms with Crippen molar-refractivity contribution in [1.82, 2.24) is 19.1 Å². The zero-order chi connectivity index (χ0) is 11.8. The SMILES string of the molecule is Cn1cnnc1C1CCCN(S(=O)(=O)Cl)C1. The quantitative estimate of drug-likeness (QED) is 0.729. The standard InChI is InChI=1S/C8H13ClN4O2S/c1-12-6-10-11-8(12)7-3-2-4-13(5-7)16(9,14)15/h6-7H,2-5H2,1H3. The Balaban J connectivity index is 2.17. The summed E-state index contributed by atoms with van der Waals surface area (Å²) in [6.07, 6.45) is 3.32. The first-order valence-corrected chi connectivity index (χ1v) is 7.28. The van der Waals surface area contributed by atoms with E-state index in [4.69, 9.17) is 10.7 Å². The topological polar surface area (TPSA) is 68.1 Å². The number of hydrogen-bond acceptors (Lipinski definition) is 4. The number of nitrogens with zero attached hydrogens (tertiary/aromatic N) is 4. The minimum atomic E-state index is -3.61.